The Kier molecular flexibility index (Phi) is 4.44. The molecule has 2 aromatic rings. The Morgan fingerprint density at radius 3 is 2.96 bits per heavy atom. The van der Waals surface area contributed by atoms with E-state index in [9.17, 15) is 9.59 Å². The number of amides is 2. The number of nitrogens with two attached hydrogens (primary N) is 1. The summed E-state index contributed by atoms with van der Waals surface area (Å²) in [5.74, 6) is 6.01. The molecule has 0 saturated heterocycles. The third kappa shape index (κ3) is 3.33. The van der Waals surface area contributed by atoms with E-state index in [1.807, 2.05) is 0 Å². The molecule has 0 aliphatic carbocycles. The molecule has 126 valence electrons. The normalized spacial score (nSPS) is 13.6. The number of nitrogens with one attached hydrogen (secondary N) is 2. The highest BCUT2D eigenvalue weighted by atomic mass is 16.5. The van der Waals surface area contributed by atoms with Gasteiger partial charge in [-0.1, -0.05) is 17.9 Å². The van der Waals surface area contributed by atoms with Gasteiger partial charge in [0.1, 0.15) is 5.75 Å². The minimum Gasteiger partial charge on any atom is -0.495 e. The molecule has 7 heteroatoms. The summed E-state index contributed by atoms with van der Waals surface area (Å²) in [5.41, 5.74) is 8.05. The minimum atomic E-state index is -0.885. The molecule has 2 amide bonds. The van der Waals surface area contributed by atoms with E-state index in [0.717, 1.165) is 0 Å². The fourth-order valence-electron chi connectivity index (χ4n) is 2.53. The third-order valence-corrected chi connectivity index (χ3v) is 3.58. The lowest BCUT2D eigenvalue weighted by molar-refractivity contribution is -0.110. The summed E-state index contributed by atoms with van der Waals surface area (Å²) in [6.45, 7) is -0.121. The van der Waals surface area contributed by atoms with Crippen molar-refractivity contribution < 1.29 is 19.1 Å². The predicted octanol–water partition coefficient (Wildman–Crippen LogP) is 1.96. The van der Waals surface area contributed by atoms with Crippen molar-refractivity contribution in [2.45, 2.75) is 0 Å². The molecule has 0 atom stereocenters. The van der Waals surface area contributed by atoms with E-state index in [0.29, 0.717) is 33.8 Å². The molecular formula is C18H15N3O4. The van der Waals surface area contributed by atoms with Crippen LogP contribution in [0, 0.1) is 11.8 Å². The van der Waals surface area contributed by atoms with E-state index in [2.05, 4.69) is 26.9 Å². The van der Waals surface area contributed by atoms with Gasteiger partial charge < -0.3 is 25.5 Å². The fraction of sp³-hybridized carbons (Fsp3) is 0.111. The summed E-state index contributed by atoms with van der Waals surface area (Å²) in [7, 11) is 1.56. The first kappa shape index (κ1) is 16.2. The molecule has 2 heterocycles. The number of anilines is 1. The van der Waals surface area contributed by atoms with Gasteiger partial charge in [-0.15, -0.1) is 0 Å². The number of aromatic amines is 1. The predicted molar refractivity (Wildman–Crippen MR) is 92.7 cm³/mol. The quantitative estimate of drug-likeness (QED) is 0.588. The highest BCUT2D eigenvalue weighted by Gasteiger charge is 2.26. The van der Waals surface area contributed by atoms with Crippen LogP contribution in [0.25, 0.3) is 11.6 Å². The molecular weight excluding hydrogens is 322 g/mol. The van der Waals surface area contributed by atoms with Crippen molar-refractivity contribution in [1.29, 1.82) is 0 Å². The molecule has 1 aliphatic rings. The number of ether oxygens (including phenoxy) is 2. The average molecular weight is 337 g/mol. The Bertz CT molecular complexity index is 931. The topological polar surface area (TPSA) is 106 Å². The lowest BCUT2D eigenvalue weighted by atomic mass is 10.00. The number of carbonyl (C=O) groups is 2. The standard InChI is InChI=1S/C18H15N3O4/c1-24-15-7-8-20-14(15)10-12-16-11(5-3-9-25-18(19)23)4-2-6-13(16)21-17(12)22/h2,4,6-8,10,20H,9H2,1H3,(H2,19,23)(H,21,22). The first-order valence-electron chi connectivity index (χ1n) is 7.39. The van der Waals surface area contributed by atoms with Crippen molar-refractivity contribution in [3.63, 3.8) is 0 Å². The monoisotopic (exact) mass is 337 g/mol. The number of rotatable bonds is 3. The number of primary amides is 1. The first-order valence-corrected chi connectivity index (χ1v) is 7.39. The van der Waals surface area contributed by atoms with E-state index in [-0.39, 0.29) is 12.5 Å². The van der Waals surface area contributed by atoms with Crippen LogP contribution >= 0.6 is 0 Å². The van der Waals surface area contributed by atoms with Crippen LogP contribution < -0.4 is 15.8 Å². The molecule has 0 bridgehead atoms. The van der Waals surface area contributed by atoms with Gasteiger partial charge in [0, 0.05) is 17.3 Å². The second kappa shape index (κ2) is 6.84. The lowest BCUT2D eigenvalue weighted by Crippen LogP contribution is -2.12. The highest BCUT2D eigenvalue weighted by molar-refractivity contribution is 6.35. The Balaban J connectivity index is 2.00. The van der Waals surface area contributed by atoms with Gasteiger partial charge in [-0.05, 0) is 24.3 Å². The van der Waals surface area contributed by atoms with Gasteiger partial charge >= 0.3 is 6.09 Å². The third-order valence-electron chi connectivity index (χ3n) is 3.58. The number of hydrogen-bond donors (Lipinski definition) is 3. The Morgan fingerprint density at radius 2 is 2.20 bits per heavy atom. The molecule has 25 heavy (non-hydrogen) atoms. The average Bonchev–Trinajstić information content (AvgIpc) is 3.16. The minimum absolute atomic E-state index is 0.121. The fourth-order valence-corrected chi connectivity index (χ4v) is 2.53. The molecule has 0 unspecified atom stereocenters. The smallest absolute Gasteiger partial charge is 0.405 e. The van der Waals surface area contributed by atoms with Crippen molar-refractivity contribution in [2.24, 2.45) is 5.73 Å². The summed E-state index contributed by atoms with van der Waals surface area (Å²) in [6.07, 6.45) is 2.56. The van der Waals surface area contributed by atoms with Gasteiger partial charge in [-0.25, -0.2) is 4.79 Å². The van der Waals surface area contributed by atoms with Crippen molar-refractivity contribution in [1.82, 2.24) is 4.98 Å². The number of methoxy groups -OCH3 is 1. The van der Waals surface area contributed by atoms with Crippen LogP contribution in [0.1, 0.15) is 16.8 Å². The van der Waals surface area contributed by atoms with Crippen LogP contribution in [0.3, 0.4) is 0 Å². The van der Waals surface area contributed by atoms with E-state index < -0.39 is 6.09 Å². The number of H-pyrrole nitrogens is 1. The van der Waals surface area contributed by atoms with Gasteiger partial charge in [0.2, 0.25) is 0 Å². The molecule has 1 aliphatic heterocycles. The highest BCUT2D eigenvalue weighted by Crippen LogP contribution is 2.36. The van der Waals surface area contributed by atoms with E-state index in [1.165, 1.54) is 0 Å². The van der Waals surface area contributed by atoms with Crippen LogP contribution in [-0.4, -0.2) is 30.7 Å². The first-order chi connectivity index (χ1) is 12.1. The zero-order chi connectivity index (χ0) is 17.8. The van der Waals surface area contributed by atoms with E-state index in [1.54, 1.807) is 43.6 Å². The molecule has 1 aromatic heterocycles. The van der Waals surface area contributed by atoms with Gasteiger partial charge in [0.05, 0.1) is 24.1 Å². The van der Waals surface area contributed by atoms with Gasteiger partial charge in [-0.2, -0.15) is 0 Å². The summed E-state index contributed by atoms with van der Waals surface area (Å²) in [6, 6.07) is 7.14. The molecule has 3 rings (SSSR count). The molecule has 0 fully saturated rings. The number of carbonyl (C=O) groups excluding carboxylic acids is 2. The van der Waals surface area contributed by atoms with Crippen LogP contribution in [0.4, 0.5) is 10.5 Å². The molecule has 0 radical (unpaired) electrons. The van der Waals surface area contributed by atoms with Crippen LogP contribution in [-0.2, 0) is 9.53 Å². The maximum atomic E-state index is 12.4. The summed E-state index contributed by atoms with van der Waals surface area (Å²) in [4.78, 5) is 26.0. The van der Waals surface area contributed by atoms with Crippen molar-refractivity contribution in [3.05, 3.63) is 47.3 Å². The maximum absolute atomic E-state index is 12.4. The van der Waals surface area contributed by atoms with Gasteiger partial charge in [-0.3, -0.25) is 4.79 Å². The largest absolute Gasteiger partial charge is 0.495 e. The summed E-state index contributed by atoms with van der Waals surface area (Å²) in [5, 5.41) is 2.81. The Morgan fingerprint density at radius 1 is 1.36 bits per heavy atom. The second-order valence-corrected chi connectivity index (χ2v) is 5.11. The van der Waals surface area contributed by atoms with Gasteiger partial charge in [0.15, 0.2) is 6.61 Å². The van der Waals surface area contributed by atoms with Crippen molar-refractivity contribution in [3.8, 4) is 17.6 Å². The second-order valence-electron chi connectivity index (χ2n) is 5.11. The number of benzene rings is 1. The zero-order valence-electron chi connectivity index (χ0n) is 13.4. The Hall–Kier alpha value is -3.66. The number of hydrogen-bond acceptors (Lipinski definition) is 4. The van der Waals surface area contributed by atoms with Crippen LogP contribution in [0.15, 0.2) is 30.5 Å². The molecule has 7 nitrogen and oxygen atoms in total. The molecule has 1 aromatic carbocycles. The molecule has 0 spiro atoms. The van der Waals surface area contributed by atoms with Gasteiger partial charge in [0.25, 0.3) is 5.91 Å². The summed E-state index contributed by atoms with van der Waals surface area (Å²) < 4.78 is 9.85. The lowest BCUT2D eigenvalue weighted by Gasteiger charge is -2.03. The van der Waals surface area contributed by atoms with E-state index in [4.69, 9.17) is 10.5 Å². The summed E-state index contributed by atoms with van der Waals surface area (Å²) >= 11 is 0. The number of aromatic nitrogens is 1. The molecule has 0 saturated carbocycles. The molecule has 4 N–H and O–H groups in total. The SMILES string of the molecule is COc1cc[nH]c1C=C1C(=O)Nc2cccc(C#CCOC(N)=O)c21. The number of fused-ring (bicyclic) bond motifs is 1. The zero-order valence-corrected chi connectivity index (χ0v) is 13.4. The van der Waals surface area contributed by atoms with Crippen molar-refractivity contribution >= 4 is 29.3 Å². The van der Waals surface area contributed by atoms with Crippen LogP contribution in [0.2, 0.25) is 0 Å². The van der Waals surface area contributed by atoms with E-state index >= 15 is 0 Å². The maximum Gasteiger partial charge on any atom is 0.405 e. The van der Waals surface area contributed by atoms with Crippen LogP contribution in [0.5, 0.6) is 5.75 Å². The Labute approximate surface area is 143 Å². The van der Waals surface area contributed by atoms with Crippen molar-refractivity contribution in [2.75, 3.05) is 19.0 Å².